The Labute approximate surface area is 122 Å². The Morgan fingerprint density at radius 1 is 1.33 bits per heavy atom. The average molecular weight is 300 g/mol. The van der Waals surface area contributed by atoms with E-state index in [0.717, 1.165) is 11.1 Å². The average Bonchev–Trinajstić information content (AvgIpc) is 2.45. The van der Waals surface area contributed by atoms with Crippen molar-refractivity contribution in [2.75, 3.05) is 13.1 Å². The third kappa shape index (κ3) is 4.37. The standard InChI is InChI=1S/C15H19F3N2O/c1-11-4-6-12(7-5-11)9-19-14(21)20-8-2-3-13(10-20)15(16,17)18/h4-7,13H,2-3,8-10H2,1H3,(H,19,21)/t13-/m1/s1. The Balaban J connectivity index is 1.86. The molecule has 1 saturated heterocycles. The normalized spacial score (nSPS) is 19.4. The maximum atomic E-state index is 12.7. The number of hydrogen-bond acceptors (Lipinski definition) is 1. The first kappa shape index (κ1) is 15.7. The van der Waals surface area contributed by atoms with Crippen LogP contribution in [-0.4, -0.2) is 30.2 Å². The summed E-state index contributed by atoms with van der Waals surface area (Å²) in [6.07, 6.45) is -3.73. The van der Waals surface area contributed by atoms with E-state index in [4.69, 9.17) is 0 Å². The van der Waals surface area contributed by atoms with Gasteiger partial charge in [0.2, 0.25) is 0 Å². The van der Waals surface area contributed by atoms with E-state index in [2.05, 4.69) is 5.32 Å². The van der Waals surface area contributed by atoms with Gasteiger partial charge in [-0.15, -0.1) is 0 Å². The molecule has 1 aromatic carbocycles. The van der Waals surface area contributed by atoms with E-state index in [0.29, 0.717) is 19.5 Å². The lowest BCUT2D eigenvalue weighted by molar-refractivity contribution is -0.184. The first-order valence-corrected chi connectivity index (χ1v) is 7.01. The largest absolute Gasteiger partial charge is 0.393 e. The third-order valence-electron chi connectivity index (χ3n) is 3.74. The Bertz CT molecular complexity index is 485. The SMILES string of the molecule is Cc1ccc(CNC(=O)N2CCC[C@@H](C(F)(F)F)C2)cc1. The Kier molecular flexibility index (Phi) is 4.75. The number of carbonyl (C=O) groups excluding carboxylic acids is 1. The second-order valence-corrected chi connectivity index (χ2v) is 5.47. The molecule has 0 spiro atoms. The molecule has 2 amide bonds. The fourth-order valence-electron chi connectivity index (χ4n) is 2.42. The van der Waals surface area contributed by atoms with Crippen molar-refractivity contribution in [3.8, 4) is 0 Å². The highest BCUT2D eigenvalue weighted by atomic mass is 19.4. The predicted octanol–water partition coefficient (Wildman–Crippen LogP) is 3.48. The minimum absolute atomic E-state index is 0.102. The summed E-state index contributed by atoms with van der Waals surface area (Å²) in [7, 11) is 0. The molecule has 0 bridgehead atoms. The van der Waals surface area contributed by atoms with Gasteiger partial charge in [-0.3, -0.25) is 0 Å². The molecular weight excluding hydrogens is 281 g/mol. The van der Waals surface area contributed by atoms with E-state index in [9.17, 15) is 18.0 Å². The van der Waals surface area contributed by atoms with E-state index < -0.39 is 18.1 Å². The molecule has 1 fully saturated rings. The van der Waals surface area contributed by atoms with Crippen LogP contribution >= 0.6 is 0 Å². The first-order valence-electron chi connectivity index (χ1n) is 7.01. The van der Waals surface area contributed by atoms with E-state index in [-0.39, 0.29) is 13.0 Å². The number of urea groups is 1. The van der Waals surface area contributed by atoms with Crippen LogP contribution in [0.3, 0.4) is 0 Å². The molecule has 0 unspecified atom stereocenters. The second-order valence-electron chi connectivity index (χ2n) is 5.47. The maximum absolute atomic E-state index is 12.7. The van der Waals surface area contributed by atoms with Crippen LogP contribution in [-0.2, 0) is 6.54 Å². The summed E-state index contributed by atoms with van der Waals surface area (Å²) in [6, 6.07) is 7.23. The number of alkyl halides is 3. The van der Waals surface area contributed by atoms with E-state index >= 15 is 0 Å². The molecule has 0 aromatic heterocycles. The summed E-state index contributed by atoms with van der Waals surface area (Å²) in [6.45, 7) is 2.43. The lowest BCUT2D eigenvalue weighted by atomic mass is 9.98. The Morgan fingerprint density at radius 3 is 2.62 bits per heavy atom. The number of hydrogen-bond donors (Lipinski definition) is 1. The highest BCUT2D eigenvalue weighted by Gasteiger charge is 2.42. The van der Waals surface area contributed by atoms with Crippen molar-refractivity contribution in [2.24, 2.45) is 5.92 Å². The zero-order valence-corrected chi connectivity index (χ0v) is 11.9. The van der Waals surface area contributed by atoms with Crippen LogP contribution in [0, 0.1) is 12.8 Å². The van der Waals surface area contributed by atoms with Gasteiger partial charge in [0.05, 0.1) is 5.92 Å². The topological polar surface area (TPSA) is 32.3 Å². The number of nitrogens with zero attached hydrogens (tertiary/aromatic N) is 1. The molecule has 1 aliphatic rings. The van der Waals surface area contributed by atoms with Crippen molar-refractivity contribution >= 4 is 6.03 Å². The van der Waals surface area contributed by atoms with Crippen LogP contribution in [0.5, 0.6) is 0 Å². The van der Waals surface area contributed by atoms with Gasteiger partial charge in [-0.2, -0.15) is 13.2 Å². The highest BCUT2D eigenvalue weighted by molar-refractivity contribution is 5.74. The summed E-state index contributed by atoms with van der Waals surface area (Å²) in [5, 5.41) is 2.68. The number of amides is 2. The van der Waals surface area contributed by atoms with Crippen LogP contribution in [0.2, 0.25) is 0 Å². The lowest BCUT2D eigenvalue weighted by Gasteiger charge is -2.33. The molecule has 1 aliphatic heterocycles. The summed E-state index contributed by atoms with van der Waals surface area (Å²) >= 11 is 0. The van der Waals surface area contributed by atoms with Gasteiger partial charge < -0.3 is 10.2 Å². The fraction of sp³-hybridized carbons (Fsp3) is 0.533. The van der Waals surface area contributed by atoms with E-state index in [1.54, 1.807) is 0 Å². The van der Waals surface area contributed by atoms with Crippen LogP contribution < -0.4 is 5.32 Å². The molecule has 21 heavy (non-hydrogen) atoms. The summed E-state index contributed by atoms with van der Waals surface area (Å²) in [5.41, 5.74) is 2.05. The third-order valence-corrected chi connectivity index (χ3v) is 3.74. The van der Waals surface area contributed by atoms with Gasteiger partial charge in [0.15, 0.2) is 0 Å². The quantitative estimate of drug-likeness (QED) is 0.891. The predicted molar refractivity (Wildman–Crippen MR) is 73.8 cm³/mol. The Morgan fingerprint density at radius 2 is 2.00 bits per heavy atom. The molecule has 1 aromatic rings. The summed E-state index contributed by atoms with van der Waals surface area (Å²) in [5.74, 6) is -1.41. The number of likely N-dealkylation sites (tertiary alicyclic amines) is 1. The van der Waals surface area contributed by atoms with Crippen molar-refractivity contribution < 1.29 is 18.0 Å². The lowest BCUT2D eigenvalue weighted by Crippen LogP contribution is -2.48. The van der Waals surface area contributed by atoms with Gasteiger partial charge >= 0.3 is 12.2 Å². The molecule has 0 radical (unpaired) electrons. The number of rotatable bonds is 2. The molecule has 116 valence electrons. The first-order chi connectivity index (χ1) is 9.86. The second kappa shape index (κ2) is 6.37. The van der Waals surface area contributed by atoms with E-state index in [1.165, 1.54) is 4.90 Å². The fourth-order valence-corrected chi connectivity index (χ4v) is 2.42. The van der Waals surface area contributed by atoms with Crippen LogP contribution in [0.1, 0.15) is 24.0 Å². The molecule has 6 heteroatoms. The van der Waals surface area contributed by atoms with E-state index in [1.807, 2.05) is 31.2 Å². The number of aryl methyl sites for hydroxylation is 1. The molecule has 2 rings (SSSR count). The van der Waals surface area contributed by atoms with Crippen molar-refractivity contribution in [3.63, 3.8) is 0 Å². The van der Waals surface area contributed by atoms with Gasteiger partial charge in [-0.25, -0.2) is 4.79 Å². The number of nitrogens with one attached hydrogen (secondary N) is 1. The number of piperidine rings is 1. The minimum Gasteiger partial charge on any atom is -0.334 e. The van der Waals surface area contributed by atoms with Crippen LogP contribution in [0.25, 0.3) is 0 Å². The molecule has 1 N–H and O–H groups in total. The Hall–Kier alpha value is -1.72. The molecule has 0 aliphatic carbocycles. The number of carbonyl (C=O) groups is 1. The van der Waals surface area contributed by atoms with Gasteiger partial charge in [-0.05, 0) is 25.3 Å². The highest BCUT2D eigenvalue weighted by Crippen LogP contribution is 2.33. The molecule has 1 atom stereocenters. The number of benzene rings is 1. The maximum Gasteiger partial charge on any atom is 0.393 e. The van der Waals surface area contributed by atoms with Crippen LogP contribution in [0.4, 0.5) is 18.0 Å². The zero-order valence-electron chi connectivity index (χ0n) is 11.9. The zero-order chi connectivity index (χ0) is 15.5. The molecule has 0 saturated carbocycles. The van der Waals surface area contributed by atoms with Crippen molar-refractivity contribution in [1.29, 1.82) is 0 Å². The summed E-state index contributed by atoms with van der Waals surface area (Å²) in [4.78, 5) is 13.2. The van der Waals surface area contributed by atoms with Crippen molar-refractivity contribution in [3.05, 3.63) is 35.4 Å². The molecule has 1 heterocycles. The number of halogens is 3. The molecule has 3 nitrogen and oxygen atoms in total. The van der Waals surface area contributed by atoms with Gasteiger partial charge in [0.1, 0.15) is 0 Å². The summed E-state index contributed by atoms with van der Waals surface area (Å²) < 4.78 is 38.1. The minimum atomic E-state index is -4.23. The van der Waals surface area contributed by atoms with Crippen molar-refractivity contribution in [1.82, 2.24) is 10.2 Å². The van der Waals surface area contributed by atoms with Gasteiger partial charge in [0.25, 0.3) is 0 Å². The monoisotopic (exact) mass is 300 g/mol. The molecular formula is C15H19F3N2O. The van der Waals surface area contributed by atoms with Gasteiger partial charge in [-0.1, -0.05) is 29.8 Å². The smallest absolute Gasteiger partial charge is 0.334 e. The van der Waals surface area contributed by atoms with Crippen LogP contribution in [0.15, 0.2) is 24.3 Å². The van der Waals surface area contributed by atoms with Gasteiger partial charge in [0, 0.05) is 19.6 Å². The van der Waals surface area contributed by atoms with Crippen molar-refractivity contribution in [2.45, 2.75) is 32.5 Å².